The summed E-state index contributed by atoms with van der Waals surface area (Å²) in [7, 11) is 1.31. The molecule has 0 radical (unpaired) electrons. The third-order valence-electron chi connectivity index (χ3n) is 4.13. The number of amides is 1. The van der Waals surface area contributed by atoms with Gasteiger partial charge in [0.05, 0.1) is 30.5 Å². The number of para-hydroxylation sites is 1. The summed E-state index contributed by atoms with van der Waals surface area (Å²) in [5.41, 5.74) is 0.492. The molecule has 0 bridgehead atoms. The molecule has 1 heterocycles. The van der Waals surface area contributed by atoms with E-state index in [1.165, 1.54) is 19.4 Å². The van der Waals surface area contributed by atoms with Crippen LogP contribution in [0.1, 0.15) is 24.9 Å². The van der Waals surface area contributed by atoms with E-state index in [0.717, 1.165) is 0 Å². The van der Waals surface area contributed by atoms with Crippen molar-refractivity contribution < 1.29 is 23.5 Å². The molecule has 1 aromatic heterocycles. The standard InChI is InChI=1S/C21H23NO6/c1-4-12-27-21(25)22-19(14(2)8-7-11-18(23)26-3)16-13-28-17-10-6-5-9-15(17)20(16)24/h4-10,13-14,19H,1,11-12H2,2-3H3,(H,22,25)/b8-7+/t14-,19+/m0/s1. The second-order valence-corrected chi connectivity index (χ2v) is 6.09. The molecular formula is C21H23NO6. The van der Waals surface area contributed by atoms with Crippen molar-refractivity contribution in [1.82, 2.24) is 5.32 Å². The van der Waals surface area contributed by atoms with E-state index in [2.05, 4.69) is 16.6 Å². The molecule has 0 saturated carbocycles. The molecule has 0 spiro atoms. The van der Waals surface area contributed by atoms with Gasteiger partial charge in [0.25, 0.3) is 0 Å². The van der Waals surface area contributed by atoms with Gasteiger partial charge in [-0.15, -0.1) is 0 Å². The molecule has 0 fully saturated rings. The quantitative estimate of drug-likeness (QED) is 0.552. The highest BCUT2D eigenvalue weighted by molar-refractivity contribution is 5.77. The summed E-state index contributed by atoms with van der Waals surface area (Å²) in [6.07, 6.45) is 5.53. The molecule has 1 aromatic carbocycles. The van der Waals surface area contributed by atoms with E-state index in [1.807, 2.05) is 0 Å². The highest BCUT2D eigenvalue weighted by atomic mass is 16.5. The number of hydrogen-bond acceptors (Lipinski definition) is 6. The first-order chi connectivity index (χ1) is 13.5. The first-order valence-corrected chi connectivity index (χ1v) is 8.76. The molecule has 7 nitrogen and oxygen atoms in total. The zero-order chi connectivity index (χ0) is 20.5. The Balaban J connectivity index is 2.36. The van der Waals surface area contributed by atoms with Gasteiger partial charge in [-0.1, -0.05) is 43.9 Å². The maximum absolute atomic E-state index is 12.9. The largest absolute Gasteiger partial charge is 0.469 e. The molecule has 0 aliphatic carbocycles. The van der Waals surface area contributed by atoms with Gasteiger partial charge in [0.15, 0.2) is 5.43 Å². The van der Waals surface area contributed by atoms with Crippen molar-refractivity contribution in [2.45, 2.75) is 19.4 Å². The third kappa shape index (κ3) is 5.33. The van der Waals surface area contributed by atoms with E-state index in [4.69, 9.17) is 9.15 Å². The zero-order valence-electron chi connectivity index (χ0n) is 15.8. The van der Waals surface area contributed by atoms with E-state index in [1.54, 1.807) is 43.3 Å². The van der Waals surface area contributed by atoms with Gasteiger partial charge in [0.1, 0.15) is 18.5 Å². The van der Waals surface area contributed by atoms with Crippen LogP contribution in [0.4, 0.5) is 4.79 Å². The van der Waals surface area contributed by atoms with Gasteiger partial charge in [-0.2, -0.15) is 0 Å². The summed E-state index contributed by atoms with van der Waals surface area (Å²) in [6.45, 7) is 5.34. The monoisotopic (exact) mass is 385 g/mol. The smallest absolute Gasteiger partial charge is 0.407 e. The second kappa shape index (κ2) is 10.1. The van der Waals surface area contributed by atoms with Crippen LogP contribution in [0.15, 0.2) is 64.5 Å². The predicted octanol–water partition coefficient (Wildman–Crippen LogP) is 3.50. The van der Waals surface area contributed by atoms with Crippen LogP contribution in [-0.2, 0) is 14.3 Å². The molecule has 0 saturated heterocycles. The summed E-state index contributed by atoms with van der Waals surface area (Å²) in [4.78, 5) is 36.3. The highest BCUT2D eigenvalue weighted by Gasteiger charge is 2.24. The number of methoxy groups -OCH3 is 1. The lowest BCUT2D eigenvalue weighted by Gasteiger charge is -2.22. The van der Waals surface area contributed by atoms with Crippen LogP contribution >= 0.6 is 0 Å². The highest BCUT2D eigenvalue weighted by Crippen LogP contribution is 2.23. The minimum atomic E-state index is -0.716. The van der Waals surface area contributed by atoms with Crippen LogP contribution in [0.2, 0.25) is 0 Å². The normalized spacial score (nSPS) is 13.1. The Labute approximate surface area is 162 Å². The Hall–Kier alpha value is -3.35. The Morgan fingerprint density at radius 2 is 2.07 bits per heavy atom. The summed E-state index contributed by atoms with van der Waals surface area (Å²) in [5, 5.41) is 3.10. The van der Waals surface area contributed by atoms with Crippen LogP contribution in [-0.4, -0.2) is 25.8 Å². The van der Waals surface area contributed by atoms with Gasteiger partial charge >= 0.3 is 12.1 Å². The van der Waals surface area contributed by atoms with Gasteiger partial charge < -0.3 is 19.2 Å². The van der Waals surface area contributed by atoms with E-state index >= 15 is 0 Å². The van der Waals surface area contributed by atoms with Crippen molar-refractivity contribution in [3.05, 3.63) is 71.1 Å². The van der Waals surface area contributed by atoms with Crippen LogP contribution in [0.5, 0.6) is 0 Å². The molecule has 28 heavy (non-hydrogen) atoms. The fraction of sp³-hybridized carbons (Fsp3) is 0.286. The number of hydrogen-bond donors (Lipinski definition) is 1. The van der Waals surface area contributed by atoms with Crippen molar-refractivity contribution in [3.8, 4) is 0 Å². The number of rotatable bonds is 8. The number of alkyl carbamates (subject to hydrolysis) is 1. The van der Waals surface area contributed by atoms with Crippen molar-refractivity contribution in [2.24, 2.45) is 5.92 Å². The van der Waals surface area contributed by atoms with E-state index in [-0.39, 0.29) is 35.9 Å². The number of benzene rings is 1. The van der Waals surface area contributed by atoms with Gasteiger partial charge in [-0.25, -0.2) is 4.79 Å². The van der Waals surface area contributed by atoms with E-state index in [0.29, 0.717) is 11.0 Å². The van der Waals surface area contributed by atoms with Gasteiger partial charge in [-0.05, 0) is 18.1 Å². The summed E-state index contributed by atoms with van der Waals surface area (Å²) >= 11 is 0. The summed E-state index contributed by atoms with van der Waals surface area (Å²) < 4.78 is 15.2. The lowest BCUT2D eigenvalue weighted by molar-refractivity contribution is -0.139. The molecule has 1 N–H and O–H groups in total. The van der Waals surface area contributed by atoms with Crippen molar-refractivity contribution >= 4 is 23.0 Å². The summed E-state index contributed by atoms with van der Waals surface area (Å²) in [6, 6.07) is 6.15. The van der Waals surface area contributed by atoms with Crippen molar-refractivity contribution in [2.75, 3.05) is 13.7 Å². The second-order valence-electron chi connectivity index (χ2n) is 6.09. The van der Waals surface area contributed by atoms with E-state index < -0.39 is 12.1 Å². The molecular weight excluding hydrogens is 362 g/mol. The Kier molecular flexibility index (Phi) is 7.56. The number of nitrogens with one attached hydrogen (secondary N) is 1. The number of carbonyl (C=O) groups excluding carboxylic acids is 2. The van der Waals surface area contributed by atoms with Crippen LogP contribution in [0.25, 0.3) is 11.0 Å². The number of fused-ring (bicyclic) bond motifs is 1. The topological polar surface area (TPSA) is 94.8 Å². The minimum Gasteiger partial charge on any atom is -0.469 e. The number of esters is 1. The Bertz CT molecular complexity index is 930. The molecule has 1 amide bonds. The molecule has 148 valence electrons. The van der Waals surface area contributed by atoms with Crippen molar-refractivity contribution in [3.63, 3.8) is 0 Å². The molecule has 2 rings (SSSR count). The first-order valence-electron chi connectivity index (χ1n) is 8.76. The van der Waals surface area contributed by atoms with Crippen LogP contribution in [0.3, 0.4) is 0 Å². The van der Waals surface area contributed by atoms with Crippen LogP contribution < -0.4 is 10.7 Å². The number of ether oxygens (including phenoxy) is 2. The zero-order valence-corrected chi connectivity index (χ0v) is 15.8. The molecule has 2 aromatic rings. The third-order valence-corrected chi connectivity index (χ3v) is 4.13. The average Bonchev–Trinajstić information content (AvgIpc) is 2.71. The molecule has 0 unspecified atom stereocenters. The number of carbonyl (C=O) groups is 2. The van der Waals surface area contributed by atoms with E-state index in [9.17, 15) is 14.4 Å². The first kappa shape index (κ1) is 21.0. The van der Waals surface area contributed by atoms with Crippen molar-refractivity contribution in [1.29, 1.82) is 0 Å². The molecule has 0 aliphatic heterocycles. The molecule has 0 aliphatic rings. The Morgan fingerprint density at radius 3 is 2.79 bits per heavy atom. The summed E-state index contributed by atoms with van der Waals surface area (Å²) in [5.74, 6) is -0.714. The fourth-order valence-corrected chi connectivity index (χ4v) is 2.68. The molecule has 7 heteroatoms. The lowest BCUT2D eigenvalue weighted by Crippen LogP contribution is -2.35. The lowest BCUT2D eigenvalue weighted by atomic mass is 9.94. The van der Waals surface area contributed by atoms with Crippen LogP contribution in [0, 0.1) is 5.92 Å². The Morgan fingerprint density at radius 1 is 1.32 bits per heavy atom. The molecule has 2 atom stereocenters. The minimum absolute atomic E-state index is 0.0391. The predicted molar refractivity (Wildman–Crippen MR) is 105 cm³/mol. The maximum Gasteiger partial charge on any atom is 0.407 e. The fourth-order valence-electron chi connectivity index (χ4n) is 2.68. The SMILES string of the molecule is C=CCOC(=O)N[C@@H](c1coc2ccccc2c1=O)[C@@H](C)/C=C/CC(=O)OC. The van der Waals surface area contributed by atoms with Gasteiger partial charge in [0, 0.05) is 0 Å². The average molecular weight is 385 g/mol. The van der Waals surface area contributed by atoms with Gasteiger partial charge in [0.2, 0.25) is 0 Å². The van der Waals surface area contributed by atoms with Gasteiger partial charge in [-0.3, -0.25) is 9.59 Å². The maximum atomic E-state index is 12.9.